The van der Waals surface area contributed by atoms with Crippen molar-refractivity contribution in [3.63, 3.8) is 0 Å². The van der Waals surface area contributed by atoms with Gasteiger partial charge in [0, 0.05) is 5.39 Å². The Morgan fingerprint density at radius 2 is 1.79 bits per heavy atom. The van der Waals surface area contributed by atoms with E-state index in [2.05, 4.69) is 0 Å². The molecule has 34 heavy (non-hydrogen) atoms. The largest absolute Gasteiger partial charge is 0.493 e. The number of carboxylic acids is 1. The number of carboxylic acid groups (broad SMARTS) is 1. The van der Waals surface area contributed by atoms with Crippen LogP contribution in [-0.4, -0.2) is 42.5 Å². The number of hydrogen-bond donors (Lipinski definition) is 1. The van der Waals surface area contributed by atoms with E-state index in [1.807, 2.05) is 0 Å². The number of ether oxygens (including phenoxy) is 2. The van der Waals surface area contributed by atoms with Gasteiger partial charge in [-0.15, -0.1) is 0 Å². The number of hydrogen-bond acceptors (Lipinski definition) is 5. The quantitative estimate of drug-likeness (QED) is 0.449. The van der Waals surface area contributed by atoms with Crippen molar-refractivity contribution in [2.24, 2.45) is 0 Å². The Morgan fingerprint density at radius 3 is 2.44 bits per heavy atom. The molecule has 0 fully saturated rings. The number of alkyl halides is 2. The number of halogens is 3. The molecule has 10 heteroatoms. The molecule has 0 unspecified atom stereocenters. The number of carbonyl (C=O) groups is 3. The Labute approximate surface area is 197 Å². The summed E-state index contributed by atoms with van der Waals surface area (Å²) in [4.78, 5) is 38.8. The summed E-state index contributed by atoms with van der Waals surface area (Å²) >= 11 is 6.31. The predicted molar refractivity (Wildman–Crippen MR) is 121 cm³/mol. The maximum absolute atomic E-state index is 13.6. The molecule has 3 aromatic carbocycles. The molecule has 0 atom stereocenters. The molecule has 0 radical (unpaired) electrons. The molecule has 0 spiro atoms. The van der Waals surface area contributed by atoms with Crippen molar-refractivity contribution in [2.75, 3.05) is 18.1 Å². The number of fused-ring (bicyclic) bond motifs is 3. The van der Waals surface area contributed by atoms with Crippen LogP contribution in [0.3, 0.4) is 0 Å². The van der Waals surface area contributed by atoms with Crippen LogP contribution in [0.15, 0.2) is 42.5 Å². The van der Waals surface area contributed by atoms with Crippen LogP contribution in [-0.2, 0) is 11.2 Å². The monoisotopic (exact) mass is 489 g/mol. The number of aliphatic carboxylic acids is 1. The van der Waals surface area contributed by atoms with Crippen LogP contribution in [0.4, 0.5) is 14.5 Å². The number of rotatable bonds is 8. The molecular weight excluding hydrogens is 472 g/mol. The summed E-state index contributed by atoms with van der Waals surface area (Å²) in [6, 6.07) is 10.6. The number of nitrogens with zero attached hydrogens (tertiary/aromatic N) is 1. The molecule has 7 nitrogen and oxygen atoms in total. The van der Waals surface area contributed by atoms with Gasteiger partial charge in [-0.2, -0.15) is 0 Å². The summed E-state index contributed by atoms with van der Waals surface area (Å²) in [6.45, 7) is 1.09. The van der Waals surface area contributed by atoms with Crippen molar-refractivity contribution < 1.29 is 37.7 Å². The van der Waals surface area contributed by atoms with Crippen molar-refractivity contribution in [1.29, 1.82) is 0 Å². The van der Waals surface area contributed by atoms with Gasteiger partial charge in [-0.3, -0.25) is 14.4 Å². The van der Waals surface area contributed by atoms with Crippen LogP contribution in [0, 0.1) is 0 Å². The molecule has 1 heterocycles. The van der Waals surface area contributed by atoms with E-state index in [1.54, 1.807) is 25.1 Å². The first-order valence-electron chi connectivity index (χ1n) is 10.2. The molecule has 176 valence electrons. The molecule has 1 N–H and O–H groups in total. The molecule has 2 amide bonds. The van der Waals surface area contributed by atoms with Gasteiger partial charge in [0.2, 0.25) is 0 Å². The lowest BCUT2D eigenvalue weighted by Gasteiger charge is -2.16. The van der Waals surface area contributed by atoms with Gasteiger partial charge in [0.05, 0.1) is 34.9 Å². The van der Waals surface area contributed by atoms with Gasteiger partial charge >= 0.3 is 5.97 Å². The van der Waals surface area contributed by atoms with E-state index in [4.69, 9.17) is 26.2 Å². The second-order valence-electron chi connectivity index (χ2n) is 7.42. The van der Waals surface area contributed by atoms with Crippen LogP contribution in [0.25, 0.3) is 10.8 Å². The maximum Gasteiger partial charge on any atom is 0.307 e. The average Bonchev–Trinajstić information content (AvgIpc) is 3.03. The van der Waals surface area contributed by atoms with Crippen LogP contribution in [0.1, 0.15) is 33.2 Å². The first-order valence-corrected chi connectivity index (χ1v) is 10.6. The molecule has 0 aliphatic carbocycles. The highest BCUT2D eigenvalue weighted by atomic mass is 35.5. The van der Waals surface area contributed by atoms with Gasteiger partial charge < -0.3 is 14.6 Å². The lowest BCUT2D eigenvalue weighted by Crippen LogP contribution is -2.29. The first kappa shape index (κ1) is 23.4. The molecule has 4 rings (SSSR count). The molecule has 3 aromatic rings. The summed E-state index contributed by atoms with van der Waals surface area (Å²) in [5.74, 6) is -2.41. The van der Waals surface area contributed by atoms with E-state index in [0.29, 0.717) is 28.7 Å². The standard InChI is InChI=1S/C24H18ClF2NO6/c1-2-33-16-5-3-4-13-10-17(34-11-18(26)27)21-22(20(13)16)24(32)28(23(21)31)15-7-6-12(8-14(15)25)9-19(29)30/h3-8,10,18H,2,9,11H2,1H3,(H,29,30). The number of anilines is 1. The summed E-state index contributed by atoms with van der Waals surface area (Å²) in [5.41, 5.74) is 0.198. The predicted octanol–water partition coefficient (Wildman–Crippen LogP) is 4.96. The zero-order valence-corrected chi connectivity index (χ0v) is 18.6. The Bertz CT molecular complexity index is 1330. The fourth-order valence-corrected chi connectivity index (χ4v) is 4.20. The van der Waals surface area contributed by atoms with Gasteiger partial charge in [-0.05, 0) is 42.1 Å². The van der Waals surface area contributed by atoms with Gasteiger partial charge in [0.15, 0.2) is 0 Å². The Morgan fingerprint density at radius 1 is 1.06 bits per heavy atom. The lowest BCUT2D eigenvalue weighted by atomic mass is 9.98. The number of carbonyl (C=O) groups excluding carboxylic acids is 2. The van der Waals surface area contributed by atoms with E-state index < -0.39 is 30.8 Å². The van der Waals surface area contributed by atoms with Crippen molar-refractivity contribution in [3.05, 3.63) is 64.2 Å². The van der Waals surface area contributed by atoms with Gasteiger partial charge in [0.1, 0.15) is 18.1 Å². The van der Waals surface area contributed by atoms with Crippen molar-refractivity contribution >= 4 is 45.8 Å². The highest BCUT2D eigenvalue weighted by Crippen LogP contribution is 2.43. The summed E-state index contributed by atoms with van der Waals surface area (Å²) in [6.07, 6.45) is -3.09. The summed E-state index contributed by atoms with van der Waals surface area (Å²) in [5, 5.41) is 9.80. The maximum atomic E-state index is 13.6. The highest BCUT2D eigenvalue weighted by molar-refractivity contribution is 6.42. The fraction of sp³-hybridized carbons (Fsp3) is 0.208. The van der Waals surface area contributed by atoms with Crippen molar-refractivity contribution in [2.45, 2.75) is 19.8 Å². The SMILES string of the molecule is CCOc1cccc2cc(OCC(F)F)c3c(c12)C(=O)N(c1ccc(CC(=O)O)cc1Cl)C3=O. The third-order valence-corrected chi connectivity index (χ3v) is 5.50. The minimum atomic E-state index is -2.79. The van der Waals surface area contributed by atoms with E-state index in [1.165, 1.54) is 24.3 Å². The number of imide groups is 1. The van der Waals surface area contributed by atoms with Crippen LogP contribution in [0.5, 0.6) is 11.5 Å². The smallest absolute Gasteiger partial charge is 0.307 e. The van der Waals surface area contributed by atoms with Gasteiger partial charge in [0.25, 0.3) is 18.2 Å². The zero-order chi connectivity index (χ0) is 24.6. The molecule has 0 aromatic heterocycles. The number of benzene rings is 3. The molecule has 0 saturated carbocycles. The van der Waals surface area contributed by atoms with Gasteiger partial charge in [-0.1, -0.05) is 29.8 Å². The minimum absolute atomic E-state index is 0.0161. The molecule has 1 aliphatic heterocycles. The van der Waals surface area contributed by atoms with E-state index in [-0.39, 0.29) is 34.0 Å². The summed E-state index contributed by atoms with van der Waals surface area (Å²) in [7, 11) is 0. The van der Waals surface area contributed by atoms with Gasteiger partial charge in [-0.25, -0.2) is 13.7 Å². The Hall–Kier alpha value is -3.72. The second-order valence-corrected chi connectivity index (χ2v) is 7.82. The first-order chi connectivity index (χ1) is 16.2. The van der Waals surface area contributed by atoms with Crippen LogP contribution >= 0.6 is 11.6 Å². The zero-order valence-electron chi connectivity index (χ0n) is 17.8. The summed E-state index contributed by atoms with van der Waals surface area (Å²) < 4.78 is 36.6. The topological polar surface area (TPSA) is 93.1 Å². The van der Waals surface area contributed by atoms with E-state index >= 15 is 0 Å². The fourth-order valence-electron chi connectivity index (χ4n) is 3.92. The molecule has 1 aliphatic rings. The average molecular weight is 490 g/mol. The van der Waals surface area contributed by atoms with Crippen molar-refractivity contribution in [1.82, 2.24) is 0 Å². The lowest BCUT2D eigenvalue weighted by molar-refractivity contribution is -0.136. The van der Waals surface area contributed by atoms with E-state index in [9.17, 15) is 23.2 Å². The Kier molecular flexibility index (Phi) is 6.39. The third kappa shape index (κ3) is 4.14. The second kappa shape index (κ2) is 9.26. The van der Waals surface area contributed by atoms with Crippen molar-refractivity contribution in [3.8, 4) is 11.5 Å². The van der Waals surface area contributed by atoms with Crippen LogP contribution in [0.2, 0.25) is 5.02 Å². The van der Waals surface area contributed by atoms with E-state index in [0.717, 1.165) is 4.90 Å². The molecule has 0 bridgehead atoms. The minimum Gasteiger partial charge on any atom is -0.493 e. The molecule has 0 saturated heterocycles. The molecular formula is C24H18ClF2NO6. The third-order valence-electron chi connectivity index (χ3n) is 5.20. The normalized spacial score (nSPS) is 13.0. The highest BCUT2D eigenvalue weighted by Gasteiger charge is 2.42. The number of amides is 2. The Balaban J connectivity index is 1.90. The van der Waals surface area contributed by atoms with Crippen LogP contribution < -0.4 is 14.4 Å².